The van der Waals surface area contributed by atoms with Crippen molar-refractivity contribution in [3.05, 3.63) is 24.5 Å². The first-order valence-corrected chi connectivity index (χ1v) is 7.03. The molecule has 2 rings (SSSR count). The molecule has 7 heteroatoms. The lowest BCUT2D eigenvalue weighted by molar-refractivity contribution is -0.188. The largest absolute Gasteiger partial charge is 0.411 e. The highest BCUT2D eigenvalue weighted by atomic mass is 19.4. The number of aromatic nitrogens is 2. The molecule has 0 aromatic carbocycles. The Morgan fingerprint density at radius 1 is 1.48 bits per heavy atom. The molecule has 2 unspecified atom stereocenters. The van der Waals surface area contributed by atoms with Gasteiger partial charge >= 0.3 is 6.18 Å². The Bertz CT molecular complexity index is 459. The lowest BCUT2D eigenvalue weighted by Crippen LogP contribution is -2.37. The maximum absolute atomic E-state index is 12.2. The number of halogens is 3. The molecule has 1 N–H and O–H groups in total. The summed E-state index contributed by atoms with van der Waals surface area (Å²) in [7, 11) is 0. The SMILES string of the molecule is C=Cn1cc(CNC2CCCC(OCC(F)(F)F)C2)cn1. The van der Waals surface area contributed by atoms with Crippen LogP contribution in [0.1, 0.15) is 31.2 Å². The Balaban J connectivity index is 1.74. The molecule has 1 heterocycles. The lowest BCUT2D eigenvalue weighted by Gasteiger charge is -2.30. The minimum atomic E-state index is -4.25. The summed E-state index contributed by atoms with van der Waals surface area (Å²) in [6.07, 6.45) is 3.80. The van der Waals surface area contributed by atoms with Gasteiger partial charge in [0.25, 0.3) is 0 Å². The Morgan fingerprint density at radius 2 is 2.29 bits per heavy atom. The smallest absolute Gasteiger partial charge is 0.369 e. The quantitative estimate of drug-likeness (QED) is 0.878. The van der Waals surface area contributed by atoms with Gasteiger partial charge in [-0.05, 0) is 25.7 Å². The Labute approximate surface area is 122 Å². The van der Waals surface area contributed by atoms with Gasteiger partial charge in [0.2, 0.25) is 0 Å². The molecule has 0 aliphatic heterocycles. The summed E-state index contributed by atoms with van der Waals surface area (Å²) >= 11 is 0. The van der Waals surface area contributed by atoms with E-state index in [9.17, 15) is 13.2 Å². The van der Waals surface area contributed by atoms with Crippen LogP contribution in [0.25, 0.3) is 6.20 Å². The van der Waals surface area contributed by atoms with Crippen LogP contribution >= 0.6 is 0 Å². The minimum Gasteiger partial charge on any atom is -0.369 e. The van der Waals surface area contributed by atoms with Gasteiger partial charge in [0.1, 0.15) is 6.61 Å². The molecule has 4 nitrogen and oxygen atoms in total. The molecule has 1 fully saturated rings. The zero-order valence-corrected chi connectivity index (χ0v) is 11.8. The van der Waals surface area contributed by atoms with Crippen LogP contribution in [-0.4, -0.2) is 34.7 Å². The maximum atomic E-state index is 12.2. The molecule has 0 bridgehead atoms. The van der Waals surface area contributed by atoms with Crippen LogP contribution in [0.3, 0.4) is 0 Å². The summed E-state index contributed by atoms with van der Waals surface area (Å²) in [4.78, 5) is 0. The first-order valence-electron chi connectivity index (χ1n) is 7.03. The number of hydrogen-bond donors (Lipinski definition) is 1. The third-order valence-corrected chi connectivity index (χ3v) is 3.55. The van der Waals surface area contributed by atoms with Crippen LogP contribution in [0.5, 0.6) is 0 Å². The van der Waals surface area contributed by atoms with E-state index in [4.69, 9.17) is 4.74 Å². The Kier molecular flexibility index (Phi) is 5.41. The van der Waals surface area contributed by atoms with Gasteiger partial charge in [-0.15, -0.1) is 0 Å². The van der Waals surface area contributed by atoms with Crippen LogP contribution in [-0.2, 0) is 11.3 Å². The average Bonchev–Trinajstić information content (AvgIpc) is 2.91. The summed E-state index contributed by atoms with van der Waals surface area (Å²) in [5.74, 6) is 0. The van der Waals surface area contributed by atoms with Crippen molar-refractivity contribution in [1.29, 1.82) is 0 Å². The first-order chi connectivity index (χ1) is 9.96. The molecule has 0 saturated heterocycles. The summed E-state index contributed by atoms with van der Waals surface area (Å²) in [5, 5.41) is 7.43. The molecule has 1 aromatic rings. The van der Waals surface area contributed by atoms with E-state index in [0.717, 1.165) is 18.4 Å². The van der Waals surface area contributed by atoms with Crippen molar-refractivity contribution < 1.29 is 17.9 Å². The molecule has 1 aliphatic carbocycles. The Morgan fingerprint density at radius 3 is 2.95 bits per heavy atom. The van der Waals surface area contributed by atoms with Crippen molar-refractivity contribution >= 4 is 6.20 Å². The van der Waals surface area contributed by atoms with Crippen LogP contribution in [0.15, 0.2) is 19.0 Å². The highest BCUT2D eigenvalue weighted by Crippen LogP contribution is 2.24. The monoisotopic (exact) mass is 303 g/mol. The predicted octanol–water partition coefficient (Wildman–Crippen LogP) is 2.96. The van der Waals surface area contributed by atoms with Crippen molar-refractivity contribution in [2.75, 3.05) is 6.61 Å². The standard InChI is InChI=1S/C14H20F3N3O/c1-2-20-9-11(8-19-20)7-18-12-4-3-5-13(6-12)21-10-14(15,16)17/h2,8-9,12-13,18H,1,3-7,10H2. The zero-order chi connectivity index (χ0) is 15.3. The van der Waals surface area contributed by atoms with Gasteiger partial charge in [-0.2, -0.15) is 18.3 Å². The third kappa shape index (κ3) is 5.51. The molecule has 118 valence electrons. The van der Waals surface area contributed by atoms with E-state index >= 15 is 0 Å². The molecule has 1 aliphatic rings. The topological polar surface area (TPSA) is 39.1 Å². The maximum Gasteiger partial charge on any atom is 0.411 e. The van der Waals surface area contributed by atoms with Gasteiger partial charge in [-0.1, -0.05) is 6.58 Å². The van der Waals surface area contributed by atoms with E-state index in [0.29, 0.717) is 19.4 Å². The zero-order valence-electron chi connectivity index (χ0n) is 11.8. The molecule has 1 aromatic heterocycles. The molecular formula is C14H20F3N3O. The second-order valence-corrected chi connectivity index (χ2v) is 5.30. The molecule has 0 radical (unpaired) electrons. The van der Waals surface area contributed by atoms with Crippen molar-refractivity contribution in [1.82, 2.24) is 15.1 Å². The van der Waals surface area contributed by atoms with Gasteiger partial charge in [0.05, 0.1) is 12.3 Å². The number of nitrogens with zero attached hydrogens (tertiary/aromatic N) is 2. The highest BCUT2D eigenvalue weighted by Gasteiger charge is 2.31. The second kappa shape index (κ2) is 7.09. The molecular weight excluding hydrogens is 283 g/mol. The van der Waals surface area contributed by atoms with Gasteiger partial charge in [-0.25, -0.2) is 4.68 Å². The van der Waals surface area contributed by atoms with Crippen molar-refractivity contribution in [3.8, 4) is 0 Å². The van der Waals surface area contributed by atoms with Crippen LogP contribution in [0, 0.1) is 0 Å². The second-order valence-electron chi connectivity index (χ2n) is 5.30. The molecule has 21 heavy (non-hydrogen) atoms. The van der Waals surface area contributed by atoms with Gasteiger partial charge in [0.15, 0.2) is 0 Å². The fraction of sp³-hybridized carbons (Fsp3) is 0.643. The molecule has 1 saturated carbocycles. The van der Waals surface area contributed by atoms with Gasteiger partial charge in [-0.3, -0.25) is 0 Å². The predicted molar refractivity (Wildman–Crippen MR) is 73.5 cm³/mol. The van der Waals surface area contributed by atoms with E-state index in [2.05, 4.69) is 17.0 Å². The summed E-state index contributed by atoms with van der Waals surface area (Å²) < 4.78 is 43.0. The normalized spacial score (nSPS) is 23.2. The minimum absolute atomic E-state index is 0.184. The molecule has 0 amide bonds. The first kappa shape index (κ1) is 16.0. The number of alkyl halides is 3. The van der Waals surface area contributed by atoms with E-state index in [1.54, 1.807) is 17.1 Å². The van der Waals surface area contributed by atoms with Crippen molar-refractivity contribution in [3.63, 3.8) is 0 Å². The number of ether oxygens (including phenoxy) is 1. The van der Waals surface area contributed by atoms with Gasteiger partial charge < -0.3 is 10.1 Å². The van der Waals surface area contributed by atoms with E-state index in [-0.39, 0.29) is 12.1 Å². The number of rotatable bonds is 6. The number of nitrogens with one attached hydrogen (secondary N) is 1. The fourth-order valence-corrected chi connectivity index (χ4v) is 2.52. The summed E-state index contributed by atoms with van der Waals surface area (Å²) in [6, 6.07) is 0.184. The fourth-order valence-electron chi connectivity index (χ4n) is 2.52. The molecule has 2 atom stereocenters. The van der Waals surface area contributed by atoms with Crippen LogP contribution in [0.4, 0.5) is 13.2 Å². The Hall–Kier alpha value is -1.34. The highest BCUT2D eigenvalue weighted by molar-refractivity contribution is 5.17. The van der Waals surface area contributed by atoms with E-state index < -0.39 is 12.8 Å². The van der Waals surface area contributed by atoms with E-state index in [1.807, 2.05) is 6.20 Å². The van der Waals surface area contributed by atoms with Crippen LogP contribution in [0.2, 0.25) is 0 Å². The van der Waals surface area contributed by atoms with E-state index in [1.165, 1.54) is 0 Å². The molecule has 0 spiro atoms. The number of hydrogen-bond acceptors (Lipinski definition) is 3. The average molecular weight is 303 g/mol. The third-order valence-electron chi connectivity index (χ3n) is 3.55. The summed E-state index contributed by atoms with van der Waals surface area (Å²) in [5.41, 5.74) is 1.02. The van der Waals surface area contributed by atoms with Crippen molar-refractivity contribution in [2.45, 2.75) is 50.6 Å². The van der Waals surface area contributed by atoms with Crippen LogP contribution < -0.4 is 5.32 Å². The lowest BCUT2D eigenvalue weighted by atomic mass is 9.92. The van der Waals surface area contributed by atoms with Gasteiger partial charge in [0, 0.05) is 30.5 Å². The summed E-state index contributed by atoms with van der Waals surface area (Å²) in [6.45, 7) is 3.10. The van der Waals surface area contributed by atoms with Crippen molar-refractivity contribution in [2.24, 2.45) is 0 Å².